The van der Waals surface area contributed by atoms with Crippen molar-refractivity contribution in [2.75, 3.05) is 32.0 Å². The summed E-state index contributed by atoms with van der Waals surface area (Å²) in [6.45, 7) is 5.65. The van der Waals surface area contributed by atoms with Gasteiger partial charge in [0.05, 0.1) is 12.7 Å². The van der Waals surface area contributed by atoms with Crippen molar-refractivity contribution < 1.29 is 9.53 Å². The molecule has 2 aromatic heterocycles. The fourth-order valence-corrected chi connectivity index (χ4v) is 4.72. The van der Waals surface area contributed by atoms with Gasteiger partial charge in [0.1, 0.15) is 11.5 Å². The first kappa shape index (κ1) is 21.0. The fourth-order valence-electron chi connectivity index (χ4n) is 4.72. The minimum Gasteiger partial charge on any atom is -0.384 e. The minimum absolute atomic E-state index is 0.0276. The number of fused-ring (bicyclic) bond motifs is 1. The van der Waals surface area contributed by atoms with E-state index in [1.54, 1.807) is 0 Å². The van der Waals surface area contributed by atoms with Crippen LogP contribution >= 0.6 is 0 Å². The molecule has 4 atom stereocenters. The lowest BCUT2D eigenvalue weighted by molar-refractivity contribution is -0.0619. The number of aromatic amines is 1. The number of aromatic nitrogens is 2. The second-order valence-corrected chi connectivity index (χ2v) is 9.21. The highest BCUT2D eigenvalue weighted by Crippen LogP contribution is 2.42. The number of morpholine rings is 1. The number of hydrogen-bond donors (Lipinski definition) is 3. The molecule has 32 heavy (non-hydrogen) atoms. The van der Waals surface area contributed by atoms with Gasteiger partial charge >= 0.3 is 0 Å². The van der Waals surface area contributed by atoms with Crippen molar-refractivity contribution >= 4 is 22.6 Å². The molecule has 0 unspecified atom stereocenters. The van der Waals surface area contributed by atoms with Crippen molar-refractivity contribution in [3.63, 3.8) is 0 Å². The first-order valence-corrected chi connectivity index (χ1v) is 11.5. The van der Waals surface area contributed by atoms with Crippen molar-refractivity contribution in [1.82, 2.24) is 20.2 Å². The highest BCUT2D eigenvalue weighted by molar-refractivity contribution is 5.97. The Balaban J connectivity index is 1.07. The normalized spacial score (nSPS) is 25.7. The Hall–Kier alpha value is -2.90. The van der Waals surface area contributed by atoms with Crippen LogP contribution in [-0.4, -0.2) is 53.1 Å². The third-order valence-electron chi connectivity index (χ3n) is 6.86. The minimum atomic E-state index is -0.0276. The van der Waals surface area contributed by atoms with Gasteiger partial charge in [0.25, 0.3) is 5.91 Å². The van der Waals surface area contributed by atoms with Crippen LogP contribution in [0, 0.1) is 11.8 Å². The highest BCUT2D eigenvalue weighted by Gasteiger charge is 2.39. The molecule has 1 amide bonds. The van der Waals surface area contributed by atoms with E-state index >= 15 is 0 Å². The standard InChI is InChI=1S/C25H31N5O2/c1-16-15-32-23(19-6-7-24(26)28-12-19)14-30(16)13-20-10-17(20)8-9-27-25(31)22-11-18-4-2-3-5-21(18)29-22/h2-7,11-12,16-17,20,23,29H,8-10,13-15H2,1H3,(H2,26,28)(H,27,31)/t16-,17+,20-,23+/m0/s1. The van der Waals surface area contributed by atoms with Crippen molar-refractivity contribution in [1.29, 1.82) is 0 Å². The van der Waals surface area contributed by atoms with E-state index in [-0.39, 0.29) is 12.0 Å². The summed E-state index contributed by atoms with van der Waals surface area (Å²) in [5.41, 5.74) is 8.42. The van der Waals surface area contributed by atoms with Gasteiger partial charge in [-0.25, -0.2) is 4.98 Å². The highest BCUT2D eigenvalue weighted by atomic mass is 16.5. The van der Waals surface area contributed by atoms with Gasteiger partial charge in [0, 0.05) is 48.3 Å². The molecule has 7 heteroatoms. The average molecular weight is 434 g/mol. The number of amides is 1. The number of ether oxygens (including phenoxy) is 1. The summed E-state index contributed by atoms with van der Waals surface area (Å²) in [6, 6.07) is 14.1. The molecule has 0 bridgehead atoms. The number of carbonyl (C=O) groups is 1. The summed E-state index contributed by atoms with van der Waals surface area (Å²) in [5.74, 6) is 1.89. The molecule has 4 N–H and O–H groups in total. The van der Waals surface area contributed by atoms with Crippen LogP contribution in [-0.2, 0) is 4.74 Å². The average Bonchev–Trinajstić information content (AvgIpc) is 3.38. The molecule has 1 saturated carbocycles. The summed E-state index contributed by atoms with van der Waals surface area (Å²) < 4.78 is 6.06. The Morgan fingerprint density at radius 1 is 1.28 bits per heavy atom. The number of H-pyrrole nitrogens is 1. The zero-order valence-electron chi connectivity index (χ0n) is 18.5. The molecule has 2 aliphatic rings. The van der Waals surface area contributed by atoms with Crippen LogP contribution in [0.25, 0.3) is 10.9 Å². The quantitative estimate of drug-likeness (QED) is 0.531. The number of nitrogens with zero attached hydrogens (tertiary/aromatic N) is 2. The fraction of sp³-hybridized carbons (Fsp3) is 0.440. The second-order valence-electron chi connectivity index (χ2n) is 9.21. The third-order valence-corrected chi connectivity index (χ3v) is 6.86. The summed E-state index contributed by atoms with van der Waals surface area (Å²) in [7, 11) is 0. The van der Waals surface area contributed by atoms with E-state index < -0.39 is 0 Å². The molecule has 0 spiro atoms. The summed E-state index contributed by atoms with van der Waals surface area (Å²) in [6.07, 6.45) is 4.14. The second kappa shape index (κ2) is 8.92. The molecule has 5 rings (SSSR count). The van der Waals surface area contributed by atoms with Gasteiger partial charge in [0.2, 0.25) is 0 Å². The maximum atomic E-state index is 12.5. The van der Waals surface area contributed by atoms with Crippen LogP contribution in [0.2, 0.25) is 0 Å². The molecule has 1 aliphatic carbocycles. The maximum absolute atomic E-state index is 12.5. The van der Waals surface area contributed by atoms with E-state index in [4.69, 9.17) is 10.5 Å². The first-order chi connectivity index (χ1) is 15.6. The number of para-hydroxylation sites is 1. The van der Waals surface area contributed by atoms with Gasteiger partial charge < -0.3 is 20.8 Å². The van der Waals surface area contributed by atoms with E-state index in [9.17, 15) is 4.79 Å². The number of nitrogen functional groups attached to an aromatic ring is 1. The van der Waals surface area contributed by atoms with E-state index in [1.807, 2.05) is 48.7 Å². The summed E-state index contributed by atoms with van der Waals surface area (Å²) in [5, 5.41) is 4.14. The largest absolute Gasteiger partial charge is 0.384 e. The molecule has 168 valence electrons. The molecule has 1 aliphatic heterocycles. The van der Waals surface area contributed by atoms with Gasteiger partial charge in [-0.15, -0.1) is 0 Å². The van der Waals surface area contributed by atoms with Crippen LogP contribution in [0.15, 0.2) is 48.7 Å². The van der Waals surface area contributed by atoms with Crippen molar-refractivity contribution in [2.24, 2.45) is 11.8 Å². The lowest BCUT2D eigenvalue weighted by Crippen LogP contribution is -2.46. The molecule has 0 radical (unpaired) electrons. The van der Waals surface area contributed by atoms with E-state index in [0.717, 1.165) is 42.6 Å². The Morgan fingerprint density at radius 2 is 2.16 bits per heavy atom. The number of benzene rings is 1. The summed E-state index contributed by atoms with van der Waals surface area (Å²) >= 11 is 0. The Morgan fingerprint density at radius 3 is 2.97 bits per heavy atom. The predicted octanol–water partition coefficient (Wildman–Crippen LogP) is 3.36. The van der Waals surface area contributed by atoms with Crippen molar-refractivity contribution in [2.45, 2.75) is 31.9 Å². The monoisotopic (exact) mass is 433 g/mol. The van der Waals surface area contributed by atoms with Gasteiger partial charge in [0.15, 0.2) is 0 Å². The maximum Gasteiger partial charge on any atom is 0.267 e. The number of nitrogens with two attached hydrogens (primary N) is 1. The van der Waals surface area contributed by atoms with Gasteiger partial charge in [-0.3, -0.25) is 9.69 Å². The van der Waals surface area contributed by atoms with Gasteiger partial charge in [-0.1, -0.05) is 24.3 Å². The van der Waals surface area contributed by atoms with Gasteiger partial charge in [-0.05, 0) is 49.8 Å². The van der Waals surface area contributed by atoms with Gasteiger partial charge in [-0.2, -0.15) is 0 Å². The van der Waals surface area contributed by atoms with Crippen molar-refractivity contribution in [3.05, 3.63) is 59.9 Å². The number of anilines is 1. The van der Waals surface area contributed by atoms with Crippen LogP contribution < -0.4 is 11.1 Å². The van der Waals surface area contributed by atoms with E-state index in [0.29, 0.717) is 35.9 Å². The Kier molecular flexibility index (Phi) is 5.85. The molecule has 3 aromatic rings. The SMILES string of the molecule is C[C@H]1CO[C@@H](c2ccc(N)nc2)CN1C[C@@H]1C[C@H]1CCNC(=O)c1cc2ccccc2[nH]1. The lowest BCUT2D eigenvalue weighted by Gasteiger charge is -2.38. The Labute approximate surface area is 188 Å². The molecular weight excluding hydrogens is 402 g/mol. The van der Waals surface area contributed by atoms with E-state index in [1.165, 1.54) is 6.42 Å². The molecule has 1 aromatic carbocycles. The smallest absolute Gasteiger partial charge is 0.267 e. The number of carbonyl (C=O) groups excluding carboxylic acids is 1. The van der Waals surface area contributed by atoms with Crippen LogP contribution in [0.4, 0.5) is 5.82 Å². The Bertz CT molecular complexity index is 1050. The zero-order valence-corrected chi connectivity index (χ0v) is 18.5. The number of rotatable bonds is 7. The third kappa shape index (κ3) is 4.64. The van der Waals surface area contributed by atoms with Crippen LogP contribution in [0.3, 0.4) is 0 Å². The lowest BCUT2D eigenvalue weighted by atomic mass is 10.1. The molecule has 1 saturated heterocycles. The number of pyridine rings is 1. The molecule has 7 nitrogen and oxygen atoms in total. The predicted molar refractivity (Wildman–Crippen MR) is 125 cm³/mol. The number of nitrogens with one attached hydrogen (secondary N) is 2. The van der Waals surface area contributed by atoms with E-state index in [2.05, 4.69) is 27.1 Å². The molecular formula is C25H31N5O2. The summed E-state index contributed by atoms with van der Waals surface area (Å²) in [4.78, 5) is 22.4. The zero-order chi connectivity index (χ0) is 22.1. The first-order valence-electron chi connectivity index (χ1n) is 11.5. The number of hydrogen-bond acceptors (Lipinski definition) is 5. The molecule has 3 heterocycles. The van der Waals surface area contributed by atoms with Crippen molar-refractivity contribution in [3.8, 4) is 0 Å². The topological polar surface area (TPSA) is 96.3 Å². The van der Waals surface area contributed by atoms with Crippen LogP contribution in [0.1, 0.15) is 41.9 Å². The molecule has 2 fully saturated rings. The van der Waals surface area contributed by atoms with Crippen LogP contribution in [0.5, 0.6) is 0 Å².